The van der Waals surface area contributed by atoms with Crippen LogP contribution >= 0.6 is 0 Å². The Morgan fingerprint density at radius 2 is 1.32 bits per heavy atom. The first-order chi connectivity index (χ1) is 10.8. The third-order valence-electron chi connectivity index (χ3n) is 3.77. The molecule has 0 radical (unpaired) electrons. The molecule has 2 aromatic carbocycles. The van der Waals surface area contributed by atoms with Gasteiger partial charge in [0, 0.05) is 22.4 Å². The van der Waals surface area contributed by atoms with Gasteiger partial charge in [-0.25, -0.2) is 9.97 Å². The van der Waals surface area contributed by atoms with Gasteiger partial charge in [0.15, 0.2) is 0 Å². The summed E-state index contributed by atoms with van der Waals surface area (Å²) in [6.45, 7) is 0. The molecule has 0 saturated carbocycles. The number of aromatic nitrogens is 2. The lowest BCUT2D eigenvalue weighted by Crippen LogP contribution is -1.91. The van der Waals surface area contributed by atoms with Gasteiger partial charge in [-0.2, -0.15) is 0 Å². The molecule has 0 bridgehead atoms. The number of nitrogens with zero attached hydrogens (tertiary/aromatic N) is 2. The zero-order chi connectivity index (χ0) is 14.9. The number of pyridine rings is 2. The monoisotopic (exact) mass is 286 g/mol. The van der Waals surface area contributed by atoms with E-state index < -0.39 is 0 Å². The van der Waals surface area contributed by atoms with Crippen molar-refractivity contribution in [1.82, 2.24) is 9.97 Å². The average molecular weight is 286 g/mol. The molecule has 3 nitrogen and oxygen atoms in total. The second-order valence-electron chi connectivity index (χ2n) is 5.13. The Bertz CT molecular complexity index is 965. The molecule has 3 heteroatoms. The Kier molecular flexibility index (Phi) is 2.97. The zero-order valence-electron chi connectivity index (χ0n) is 12.2. The zero-order valence-corrected chi connectivity index (χ0v) is 12.2. The highest BCUT2D eigenvalue weighted by Crippen LogP contribution is 2.27. The van der Waals surface area contributed by atoms with Gasteiger partial charge in [-0.3, -0.25) is 0 Å². The Balaban J connectivity index is 2.02. The molecule has 4 aromatic rings. The van der Waals surface area contributed by atoms with Crippen LogP contribution in [-0.2, 0) is 0 Å². The van der Waals surface area contributed by atoms with Crippen molar-refractivity contribution in [3.05, 3.63) is 66.7 Å². The van der Waals surface area contributed by atoms with Crippen LogP contribution in [0.15, 0.2) is 66.7 Å². The molecular weight excluding hydrogens is 272 g/mol. The Morgan fingerprint density at radius 1 is 0.682 bits per heavy atom. The van der Waals surface area contributed by atoms with E-state index in [1.807, 2.05) is 36.4 Å². The molecule has 0 unspecified atom stereocenters. The molecule has 0 amide bonds. The first-order valence-electron chi connectivity index (χ1n) is 7.15. The van der Waals surface area contributed by atoms with E-state index in [1.54, 1.807) is 7.11 Å². The maximum Gasteiger partial charge on any atom is 0.213 e. The lowest BCUT2D eigenvalue weighted by molar-refractivity contribution is 0.399. The molecule has 4 rings (SSSR count). The molecule has 0 N–H and O–H groups in total. The minimum atomic E-state index is 0.604. The number of methoxy groups -OCH3 is 1. The van der Waals surface area contributed by atoms with E-state index in [-0.39, 0.29) is 0 Å². The van der Waals surface area contributed by atoms with E-state index >= 15 is 0 Å². The van der Waals surface area contributed by atoms with E-state index in [4.69, 9.17) is 9.72 Å². The molecule has 0 atom stereocenters. The first kappa shape index (κ1) is 12.8. The molecule has 2 heterocycles. The summed E-state index contributed by atoms with van der Waals surface area (Å²) in [5, 5.41) is 2.14. The van der Waals surface area contributed by atoms with Gasteiger partial charge >= 0.3 is 0 Å². The van der Waals surface area contributed by atoms with E-state index in [9.17, 15) is 0 Å². The van der Waals surface area contributed by atoms with E-state index in [1.165, 1.54) is 0 Å². The number of fused-ring (bicyclic) bond motifs is 3. The fourth-order valence-electron chi connectivity index (χ4n) is 2.63. The molecule has 0 aliphatic heterocycles. The van der Waals surface area contributed by atoms with Gasteiger partial charge in [0.05, 0.1) is 18.3 Å². The molecule has 22 heavy (non-hydrogen) atoms. The van der Waals surface area contributed by atoms with Crippen LogP contribution in [0.5, 0.6) is 5.88 Å². The van der Waals surface area contributed by atoms with Crippen molar-refractivity contribution < 1.29 is 4.74 Å². The molecule has 0 spiro atoms. The minimum absolute atomic E-state index is 0.604. The second kappa shape index (κ2) is 5.11. The second-order valence-corrected chi connectivity index (χ2v) is 5.13. The van der Waals surface area contributed by atoms with Gasteiger partial charge in [0.25, 0.3) is 0 Å². The summed E-state index contributed by atoms with van der Waals surface area (Å²) in [5.74, 6) is 0.604. The first-order valence-corrected chi connectivity index (χ1v) is 7.15. The average Bonchev–Trinajstić information content (AvgIpc) is 2.61. The molecule has 0 aliphatic rings. The maximum atomic E-state index is 5.25. The van der Waals surface area contributed by atoms with E-state index in [0.717, 1.165) is 33.1 Å². The van der Waals surface area contributed by atoms with Gasteiger partial charge in [0.2, 0.25) is 5.88 Å². The van der Waals surface area contributed by atoms with Crippen LogP contribution < -0.4 is 4.74 Å². The van der Waals surface area contributed by atoms with Gasteiger partial charge in [-0.05, 0) is 12.1 Å². The van der Waals surface area contributed by atoms with Gasteiger partial charge in [-0.15, -0.1) is 0 Å². The summed E-state index contributed by atoms with van der Waals surface area (Å²) in [4.78, 5) is 9.40. The summed E-state index contributed by atoms with van der Waals surface area (Å²) in [6, 6.07) is 22.3. The number of rotatable bonds is 2. The molecular formula is C19H14N2O. The number of ether oxygens (including phenoxy) is 1. The van der Waals surface area contributed by atoms with Crippen LogP contribution in [0.2, 0.25) is 0 Å². The van der Waals surface area contributed by atoms with Crippen molar-refractivity contribution in [3.63, 3.8) is 0 Å². The molecule has 0 aliphatic carbocycles. The molecule has 0 fully saturated rings. The SMILES string of the molecule is COc1ccc2ccc3ccc(-c4ccccc4)nc3c2n1. The van der Waals surface area contributed by atoms with Gasteiger partial charge in [-0.1, -0.05) is 48.5 Å². The van der Waals surface area contributed by atoms with Crippen molar-refractivity contribution in [3.8, 4) is 17.1 Å². The van der Waals surface area contributed by atoms with Crippen LogP contribution in [0, 0.1) is 0 Å². The number of hydrogen-bond donors (Lipinski definition) is 0. The van der Waals surface area contributed by atoms with Gasteiger partial charge < -0.3 is 4.74 Å². The number of benzene rings is 2. The van der Waals surface area contributed by atoms with Crippen molar-refractivity contribution in [2.24, 2.45) is 0 Å². The normalized spacial score (nSPS) is 11.0. The topological polar surface area (TPSA) is 35.0 Å². The van der Waals surface area contributed by atoms with Crippen molar-refractivity contribution in [1.29, 1.82) is 0 Å². The lowest BCUT2D eigenvalue weighted by Gasteiger charge is -2.07. The highest BCUT2D eigenvalue weighted by Gasteiger charge is 2.07. The third-order valence-corrected chi connectivity index (χ3v) is 3.77. The summed E-state index contributed by atoms with van der Waals surface area (Å²) in [7, 11) is 1.63. The summed E-state index contributed by atoms with van der Waals surface area (Å²) < 4.78 is 5.25. The summed E-state index contributed by atoms with van der Waals surface area (Å²) >= 11 is 0. The predicted octanol–water partition coefficient (Wildman–Crippen LogP) is 4.46. The Hall–Kier alpha value is -2.94. The largest absolute Gasteiger partial charge is 0.481 e. The summed E-state index contributed by atoms with van der Waals surface area (Å²) in [5.41, 5.74) is 3.82. The van der Waals surface area contributed by atoms with Crippen LogP contribution in [-0.4, -0.2) is 17.1 Å². The fourth-order valence-corrected chi connectivity index (χ4v) is 2.63. The highest BCUT2D eigenvalue weighted by atomic mass is 16.5. The standard InChI is InChI=1S/C19H14N2O/c1-22-17-12-10-15-8-7-14-9-11-16(13-5-3-2-4-6-13)20-18(14)19(15)21-17/h2-12H,1H3. The van der Waals surface area contributed by atoms with Crippen LogP contribution in [0.3, 0.4) is 0 Å². The van der Waals surface area contributed by atoms with Crippen molar-refractivity contribution >= 4 is 21.8 Å². The van der Waals surface area contributed by atoms with Crippen LogP contribution in [0.25, 0.3) is 33.1 Å². The third kappa shape index (κ3) is 2.07. The number of hydrogen-bond acceptors (Lipinski definition) is 3. The predicted molar refractivity (Wildman–Crippen MR) is 89.0 cm³/mol. The quantitative estimate of drug-likeness (QED) is 0.510. The van der Waals surface area contributed by atoms with Gasteiger partial charge in [0.1, 0.15) is 5.52 Å². The highest BCUT2D eigenvalue weighted by molar-refractivity contribution is 6.03. The smallest absolute Gasteiger partial charge is 0.213 e. The van der Waals surface area contributed by atoms with Crippen molar-refractivity contribution in [2.75, 3.05) is 7.11 Å². The Morgan fingerprint density at radius 3 is 2.05 bits per heavy atom. The fraction of sp³-hybridized carbons (Fsp3) is 0.0526. The molecule has 2 aromatic heterocycles. The van der Waals surface area contributed by atoms with Crippen molar-refractivity contribution in [2.45, 2.75) is 0 Å². The van der Waals surface area contributed by atoms with E-state index in [2.05, 4.69) is 35.3 Å². The maximum absolute atomic E-state index is 5.25. The molecule has 0 saturated heterocycles. The minimum Gasteiger partial charge on any atom is -0.481 e. The van der Waals surface area contributed by atoms with Crippen LogP contribution in [0.4, 0.5) is 0 Å². The van der Waals surface area contributed by atoms with E-state index in [0.29, 0.717) is 5.88 Å². The summed E-state index contributed by atoms with van der Waals surface area (Å²) in [6.07, 6.45) is 0. The molecule has 106 valence electrons. The van der Waals surface area contributed by atoms with Crippen LogP contribution in [0.1, 0.15) is 0 Å². The lowest BCUT2D eigenvalue weighted by atomic mass is 10.1. The Labute approximate surface area is 128 Å².